The fourth-order valence-corrected chi connectivity index (χ4v) is 3.50. The number of thioether (sulfide) groups is 1. The van der Waals surface area contributed by atoms with E-state index in [2.05, 4.69) is 36.0 Å². The number of methoxy groups -OCH3 is 1. The van der Waals surface area contributed by atoms with Crippen LogP contribution >= 0.6 is 11.8 Å². The number of nitrogens with one attached hydrogen (secondary N) is 1. The van der Waals surface area contributed by atoms with Gasteiger partial charge in [-0.1, -0.05) is 50.6 Å². The van der Waals surface area contributed by atoms with Gasteiger partial charge in [0.2, 0.25) is 5.91 Å². The SMILES string of the molecule is COC(=O)CCCCCNC(=O)[C@H](SCc1ccccc1)C(C)C. The van der Waals surface area contributed by atoms with Gasteiger partial charge in [0.1, 0.15) is 0 Å². The van der Waals surface area contributed by atoms with Gasteiger partial charge < -0.3 is 10.1 Å². The lowest BCUT2D eigenvalue weighted by molar-refractivity contribution is -0.140. The summed E-state index contributed by atoms with van der Waals surface area (Å²) in [5.41, 5.74) is 1.24. The summed E-state index contributed by atoms with van der Waals surface area (Å²) in [5.74, 6) is 1.07. The van der Waals surface area contributed by atoms with E-state index < -0.39 is 0 Å². The first-order chi connectivity index (χ1) is 11.5. The predicted molar refractivity (Wildman–Crippen MR) is 99.9 cm³/mol. The molecule has 1 atom stereocenters. The smallest absolute Gasteiger partial charge is 0.305 e. The van der Waals surface area contributed by atoms with Crippen LogP contribution in [0.25, 0.3) is 0 Å². The Kier molecular flexibility index (Phi) is 10.2. The highest BCUT2D eigenvalue weighted by atomic mass is 32.2. The summed E-state index contributed by atoms with van der Waals surface area (Å²) in [6, 6.07) is 10.2. The molecule has 1 N–H and O–H groups in total. The first-order valence-corrected chi connectivity index (χ1v) is 9.59. The molecule has 0 radical (unpaired) electrons. The summed E-state index contributed by atoms with van der Waals surface area (Å²) in [4.78, 5) is 23.4. The van der Waals surface area contributed by atoms with Crippen LogP contribution in [0.3, 0.4) is 0 Å². The summed E-state index contributed by atoms with van der Waals surface area (Å²) in [6.07, 6.45) is 3.06. The molecule has 0 aliphatic rings. The van der Waals surface area contributed by atoms with Crippen LogP contribution < -0.4 is 5.32 Å². The van der Waals surface area contributed by atoms with Gasteiger partial charge in [0.25, 0.3) is 0 Å². The second-order valence-corrected chi connectivity index (χ2v) is 7.27. The van der Waals surface area contributed by atoms with Gasteiger partial charge in [0.15, 0.2) is 0 Å². The van der Waals surface area contributed by atoms with Crippen LogP contribution in [0.5, 0.6) is 0 Å². The van der Waals surface area contributed by atoms with E-state index in [0.29, 0.717) is 13.0 Å². The quantitative estimate of drug-likeness (QED) is 0.487. The van der Waals surface area contributed by atoms with Crippen molar-refractivity contribution in [1.82, 2.24) is 5.32 Å². The standard InChI is InChI=1S/C19H29NO3S/c1-15(2)18(24-14-16-10-6-4-7-11-16)19(22)20-13-9-5-8-12-17(21)23-3/h4,6-7,10-11,15,18H,5,8-9,12-14H2,1-3H3,(H,20,22)/t18-/m1/s1. The first-order valence-electron chi connectivity index (χ1n) is 8.54. The summed E-state index contributed by atoms with van der Waals surface area (Å²) in [7, 11) is 1.40. The zero-order chi connectivity index (χ0) is 17.8. The molecule has 0 fully saturated rings. The largest absolute Gasteiger partial charge is 0.469 e. The lowest BCUT2D eigenvalue weighted by Crippen LogP contribution is -2.36. The summed E-state index contributed by atoms with van der Waals surface area (Å²) >= 11 is 1.69. The highest BCUT2D eigenvalue weighted by molar-refractivity contribution is 7.99. The minimum absolute atomic E-state index is 0.0414. The van der Waals surface area contributed by atoms with Crippen LogP contribution in [0, 0.1) is 5.92 Å². The van der Waals surface area contributed by atoms with Crippen molar-refractivity contribution in [2.45, 2.75) is 50.5 Å². The number of esters is 1. The summed E-state index contributed by atoms with van der Waals surface area (Å²) in [6.45, 7) is 4.83. The number of benzene rings is 1. The Morgan fingerprint density at radius 1 is 1.12 bits per heavy atom. The molecule has 5 heteroatoms. The normalized spacial score (nSPS) is 12.0. The number of carbonyl (C=O) groups excluding carboxylic acids is 2. The third-order valence-electron chi connectivity index (χ3n) is 3.72. The second-order valence-electron chi connectivity index (χ2n) is 6.14. The maximum Gasteiger partial charge on any atom is 0.305 e. The molecule has 0 saturated heterocycles. The van der Waals surface area contributed by atoms with Crippen molar-refractivity contribution in [2.24, 2.45) is 5.92 Å². The van der Waals surface area contributed by atoms with Gasteiger partial charge >= 0.3 is 5.97 Å². The predicted octanol–water partition coefficient (Wildman–Crippen LogP) is 3.79. The Labute approximate surface area is 149 Å². The van der Waals surface area contributed by atoms with E-state index in [0.717, 1.165) is 25.0 Å². The zero-order valence-electron chi connectivity index (χ0n) is 14.9. The summed E-state index contributed by atoms with van der Waals surface area (Å²) in [5, 5.41) is 2.99. The fraction of sp³-hybridized carbons (Fsp3) is 0.579. The van der Waals surface area contributed by atoms with Gasteiger partial charge in [-0.05, 0) is 24.3 Å². The van der Waals surface area contributed by atoms with E-state index in [-0.39, 0.29) is 23.0 Å². The molecule has 4 nitrogen and oxygen atoms in total. The number of rotatable bonds is 11. The van der Waals surface area contributed by atoms with Crippen LogP contribution in [0.15, 0.2) is 30.3 Å². The van der Waals surface area contributed by atoms with Crippen molar-refractivity contribution in [1.29, 1.82) is 0 Å². The lowest BCUT2D eigenvalue weighted by atomic mass is 10.1. The van der Waals surface area contributed by atoms with Crippen LogP contribution in [0.1, 0.15) is 45.1 Å². The van der Waals surface area contributed by atoms with Crippen molar-refractivity contribution < 1.29 is 14.3 Å². The topological polar surface area (TPSA) is 55.4 Å². The number of ether oxygens (including phenoxy) is 1. The molecule has 1 amide bonds. The van der Waals surface area contributed by atoms with Gasteiger partial charge in [0, 0.05) is 18.7 Å². The van der Waals surface area contributed by atoms with Crippen molar-refractivity contribution in [3.63, 3.8) is 0 Å². The van der Waals surface area contributed by atoms with E-state index in [9.17, 15) is 9.59 Å². The number of hydrogen-bond acceptors (Lipinski definition) is 4. The zero-order valence-corrected chi connectivity index (χ0v) is 15.7. The Hall–Kier alpha value is -1.49. The third-order valence-corrected chi connectivity index (χ3v) is 5.34. The molecule has 0 unspecified atom stereocenters. The molecule has 1 rings (SSSR count). The number of unbranched alkanes of at least 4 members (excludes halogenated alkanes) is 2. The molecule has 0 bridgehead atoms. The molecular formula is C19H29NO3S. The first kappa shape index (κ1) is 20.6. The molecule has 0 spiro atoms. The van der Waals surface area contributed by atoms with Crippen LogP contribution in [-0.4, -0.2) is 30.8 Å². The van der Waals surface area contributed by atoms with Gasteiger partial charge in [-0.2, -0.15) is 0 Å². The number of amides is 1. The van der Waals surface area contributed by atoms with Crippen molar-refractivity contribution >= 4 is 23.6 Å². The summed E-state index contributed by atoms with van der Waals surface area (Å²) < 4.78 is 4.60. The van der Waals surface area contributed by atoms with E-state index in [1.807, 2.05) is 18.2 Å². The molecule has 134 valence electrons. The molecular weight excluding hydrogens is 322 g/mol. The Bertz CT molecular complexity index is 491. The minimum Gasteiger partial charge on any atom is -0.469 e. The van der Waals surface area contributed by atoms with Crippen LogP contribution in [0.2, 0.25) is 0 Å². The highest BCUT2D eigenvalue weighted by Crippen LogP contribution is 2.24. The maximum atomic E-state index is 12.4. The molecule has 1 aromatic rings. The molecule has 1 aromatic carbocycles. The second kappa shape index (κ2) is 12.0. The molecule has 0 aliphatic carbocycles. The minimum atomic E-state index is -0.170. The lowest BCUT2D eigenvalue weighted by Gasteiger charge is -2.20. The third kappa shape index (κ3) is 8.39. The highest BCUT2D eigenvalue weighted by Gasteiger charge is 2.22. The molecule has 0 saturated carbocycles. The average molecular weight is 352 g/mol. The van der Waals surface area contributed by atoms with Gasteiger partial charge in [-0.15, -0.1) is 11.8 Å². The van der Waals surface area contributed by atoms with E-state index >= 15 is 0 Å². The molecule has 0 aliphatic heterocycles. The van der Waals surface area contributed by atoms with Gasteiger partial charge in [0.05, 0.1) is 12.4 Å². The molecule has 0 aromatic heterocycles. The monoisotopic (exact) mass is 351 g/mol. The Morgan fingerprint density at radius 3 is 2.46 bits per heavy atom. The maximum absolute atomic E-state index is 12.4. The van der Waals surface area contributed by atoms with E-state index in [4.69, 9.17) is 0 Å². The number of carbonyl (C=O) groups is 2. The van der Waals surface area contributed by atoms with Crippen molar-refractivity contribution in [3.05, 3.63) is 35.9 Å². The molecule has 24 heavy (non-hydrogen) atoms. The van der Waals surface area contributed by atoms with E-state index in [1.54, 1.807) is 11.8 Å². The Balaban J connectivity index is 2.27. The Morgan fingerprint density at radius 2 is 1.83 bits per heavy atom. The van der Waals surface area contributed by atoms with Crippen molar-refractivity contribution in [2.75, 3.05) is 13.7 Å². The van der Waals surface area contributed by atoms with Crippen LogP contribution in [0.4, 0.5) is 0 Å². The van der Waals surface area contributed by atoms with Gasteiger partial charge in [-0.25, -0.2) is 0 Å². The van der Waals surface area contributed by atoms with Crippen LogP contribution in [-0.2, 0) is 20.1 Å². The average Bonchev–Trinajstić information content (AvgIpc) is 2.58. The van der Waals surface area contributed by atoms with Crippen molar-refractivity contribution in [3.8, 4) is 0 Å². The van der Waals surface area contributed by atoms with Gasteiger partial charge in [-0.3, -0.25) is 9.59 Å². The van der Waals surface area contributed by atoms with E-state index in [1.165, 1.54) is 12.7 Å². The number of hydrogen-bond donors (Lipinski definition) is 1. The fourth-order valence-electron chi connectivity index (χ4n) is 2.32. The molecule has 0 heterocycles.